The van der Waals surface area contributed by atoms with Crippen molar-refractivity contribution in [2.24, 2.45) is 5.41 Å². The summed E-state index contributed by atoms with van der Waals surface area (Å²) in [5.41, 5.74) is 1.59. The molecule has 5 nitrogen and oxygen atoms in total. The lowest BCUT2D eigenvalue weighted by molar-refractivity contribution is -0.132. The van der Waals surface area contributed by atoms with Gasteiger partial charge in [-0.2, -0.15) is 0 Å². The zero-order chi connectivity index (χ0) is 21.2. The van der Waals surface area contributed by atoms with Gasteiger partial charge in [0.2, 0.25) is 5.91 Å². The van der Waals surface area contributed by atoms with Crippen LogP contribution in [0.15, 0.2) is 29.1 Å². The average Bonchev–Trinajstić information content (AvgIpc) is 3.21. The minimum absolute atomic E-state index is 0.00755. The van der Waals surface area contributed by atoms with Gasteiger partial charge in [-0.1, -0.05) is 33.6 Å². The van der Waals surface area contributed by atoms with Gasteiger partial charge in [-0.05, 0) is 54.7 Å². The number of amides is 1. The van der Waals surface area contributed by atoms with Crippen molar-refractivity contribution >= 4 is 16.8 Å². The fourth-order valence-corrected chi connectivity index (χ4v) is 4.37. The van der Waals surface area contributed by atoms with Gasteiger partial charge in [0, 0.05) is 24.7 Å². The molecule has 1 amide bonds. The molecule has 1 fully saturated rings. The molecule has 0 unspecified atom stereocenters. The maximum atomic E-state index is 13.5. The van der Waals surface area contributed by atoms with Gasteiger partial charge in [-0.25, -0.2) is 0 Å². The van der Waals surface area contributed by atoms with Crippen LogP contribution in [0.5, 0.6) is 5.75 Å². The molecule has 1 aromatic heterocycles. The molecule has 1 heterocycles. The van der Waals surface area contributed by atoms with E-state index in [9.17, 15) is 9.59 Å². The molecule has 5 heteroatoms. The molecule has 0 aliphatic heterocycles. The Morgan fingerprint density at radius 2 is 1.90 bits per heavy atom. The van der Waals surface area contributed by atoms with Crippen LogP contribution >= 0.6 is 0 Å². The van der Waals surface area contributed by atoms with Crippen molar-refractivity contribution in [3.8, 4) is 5.75 Å². The van der Waals surface area contributed by atoms with Crippen molar-refractivity contribution in [2.45, 2.75) is 65.8 Å². The number of methoxy groups -OCH3 is 1. The Labute approximate surface area is 173 Å². The summed E-state index contributed by atoms with van der Waals surface area (Å²) in [6, 6.07) is 7.79. The molecule has 0 bridgehead atoms. The van der Waals surface area contributed by atoms with Crippen LogP contribution in [0.2, 0.25) is 0 Å². The summed E-state index contributed by atoms with van der Waals surface area (Å²) in [6.07, 6.45) is 4.43. The van der Waals surface area contributed by atoms with Crippen LogP contribution in [0.1, 0.15) is 64.9 Å². The van der Waals surface area contributed by atoms with Crippen molar-refractivity contribution in [1.82, 2.24) is 9.47 Å². The van der Waals surface area contributed by atoms with E-state index in [1.165, 1.54) is 12.8 Å². The summed E-state index contributed by atoms with van der Waals surface area (Å²) in [6.45, 7) is 9.72. The molecule has 0 atom stereocenters. The summed E-state index contributed by atoms with van der Waals surface area (Å²) in [5.74, 6) is 0.971. The van der Waals surface area contributed by atoms with E-state index in [2.05, 4.69) is 20.8 Å². The first-order chi connectivity index (χ1) is 13.7. The summed E-state index contributed by atoms with van der Waals surface area (Å²) >= 11 is 0. The number of hydrogen-bond acceptors (Lipinski definition) is 3. The quantitative estimate of drug-likeness (QED) is 0.717. The second-order valence-corrected chi connectivity index (χ2v) is 9.37. The maximum Gasteiger partial charge on any atom is 0.255 e. The minimum atomic E-state index is -0.0298. The molecule has 1 saturated carbocycles. The van der Waals surface area contributed by atoms with Gasteiger partial charge >= 0.3 is 0 Å². The molecular weight excluding hydrogens is 364 g/mol. The number of hydrogen-bond donors (Lipinski definition) is 0. The molecule has 1 aliphatic rings. The van der Waals surface area contributed by atoms with Gasteiger partial charge in [0.05, 0.1) is 12.6 Å². The molecule has 29 heavy (non-hydrogen) atoms. The van der Waals surface area contributed by atoms with E-state index in [-0.39, 0.29) is 23.4 Å². The molecule has 1 aromatic carbocycles. The van der Waals surface area contributed by atoms with Crippen molar-refractivity contribution in [3.63, 3.8) is 0 Å². The lowest BCUT2D eigenvalue weighted by atomic mass is 9.96. The average molecular weight is 399 g/mol. The molecule has 0 saturated heterocycles. The number of benzene rings is 1. The van der Waals surface area contributed by atoms with Crippen molar-refractivity contribution in [2.75, 3.05) is 20.2 Å². The molecular formula is C24H34N2O3. The Kier molecular flexibility index (Phi) is 6.35. The Morgan fingerprint density at radius 1 is 1.21 bits per heavy atom. The summed E-state index contributed by atoms with van der Waals surface area (Å²) in [4.78, 5) is 28.4. The number of aromatic nitrogens is 1. The first kappa shape index (κ1) is 21.4. The van der Waals surface area contributed by atoms with E-state index in [0.29, 0.717) is 24.8 Å². The van der Waals surface area contributed by atoms with Crippen LogP contribution in [-0.4, -0.2) is 35.6 Å². The van der Waals surface area contributed by atoms with Crippen LogP contribution in [0.4, 0.5) is 0 Å². The van der Waals surface area contributed by atoms with E-state index < -0.39 is 0 Å². The summed E-state index contributed by atoms with van der Waals surface area (Å²) < 4.78 is 7.04. The smallest absolute Gasteiger partial charge is 0.255 e. The molecule has 0 N–H and O–H groups in total. The van der Waals surface area contributed by atoms with Gasteiger partial charge in [0.25, 0.3) is 5.56 Å². The minimum Gasteiger partial charge on any atom is -0.497 e. The predicted octanol–water partition coefficient (Wildman–Crippen LogP) is 4.56. The Morgan fingerprint density at radius 3 is 2.48 bits per heavy atom. The van der Waals surface area contributed by atoms with Gasteiger partial charge in [-0.15, -0.1) is 0 Å². The maximum absolute atomic E-state index is 13.5. The van der Waals surface area contributed by atoms with E-state index >= 15 is 0 Å². The first-order valence-corrected chi connectivity index (χ1v) is 10.7. The van der Waals surface area contributed by atoms with Crippen molar-refractivity contribution in [1.29, 1.82) is 0 Å². The largest absolute Gasteiger partial charge is 0.497 e. The van der Waals surface area contributed by atoms with Crippen LogP contribution in [0, 0.1) is 5.41 Å². The highest BCUT2D eigenvalue weighted by Gasteiger charge is 2.25. The number of nitrogens with zero attached hydrogens (tertiary/aromatic N) is 2. The molecule has 0 spiro atoms. The van der Waals surface area contributed by atoms with Gasteiger partial charge in [-0.3, -0.25) is 14.2 Å². The number of rotatable bonds is 6. The van der Waals surface area contributed by atoms with Gasteiger partial charge in [0.15, 0.2) is 0 Å². The zero-order valence-electron chi connectivity index (χ0n) is 18.5. The topological polar surface area (TPSA) is 51.5 Å². The third-order valence-electron chi connectivity index (χ3n) is 5.82. The number of carbonyl (C=O) groups is 1. The molecule has 3 rings (SSSR count). The van der Waals surface area contributed by atoms with E-state index in [1.54, 1.807) is 11.7 Å². The second kappa shape index (κ2) is 8.60. The SMILES string of the molecule is CCN(CC(C)(C)C)C(=O)Cn1c(=O)c(C2CCCC2)cc2ccc(OC)cc21. The number of ether oxygens (including phenoxy) is 1. The van der Waals surface area contributed by atoms with Crippen LogP contribution in [-0.2, 0) is 11.3 Å². The lowest BCUT2D eigenvalue weighted by Gasteiger charge is -2.29. The van der Waals surface area contributed by atoms with E-state index in [4.69, 9.17) is 4.74 Å². The highest BCUT2D eigenvalue weighted by molar-refractivity contribution is 5.84. The van der Waals surface area contributed by atoms with Crippen LogP contribution < -0.4 is 10.3 Å². The third-order valence-corrected chi connectivity index (χ3v) is 5.82. The molecule has 2 aromatic rings. The van der Waals surface area contributed by atoms with Gasteiger partial charge < -0.3 is 9.64 Å². The molecule has 158 valence electrons. The number of likely N-dealkylation sites (N-methyl/N-ethyl adjacent to an activating group) is 1. The lowest BCUT2D eigenvalue weighted by Crippen LogP contribution is -2.41. The molecule has 1 aliphatic carbocycles. The Balaban J connectivity index is 2.07. The van der Waals surface area contributed by atoms with Crippen LogP contribution in [0.3, 0.4) is 0 Å². The fraction of sp³-hybridized carbons (Fsp3) is 0.583. The molecule has 0 radical (unpaired) electrons. The van der Waals surface area contributed by atoms with Crippen molar-refractivity contribution < 1.29 is 9.53 Å². The summed E-state index contributed by atoms with van der Waals surface area (Å²) in [7, 11) is 1.61. The third kappa shape index (κ3) is 4.82. The Hall–Kier alpha value is -2.30. The first-order valence-electron chi connectivity index (χ1n) is 10.7. The van der Waals surface area contributed by atoms with Crippen molar-refractivity contribution in [3.05, 3.63) is 40.2 Å². The van der Waals surface area contributed by atoms with E-state index in [0.717, 1.165) is 29.3 Å². The normalized spacial score (nSPS) is 15.1. The van der Waals surface area contributed by atoms with Gasteiger partial charge in [0.1, 0.15) is 12.3 Å². The highest BCUT2D eigenvalue weighted by atomic mass is 16.5. The number of carbonyl (C=O) groups excluding carboxylic acids is 1. The number of pyridine rings is 1. The van der Waals surface area contributed by atoms with E-state index in [1.807, 2.05) is 36.1 Å². The second-order valence-electron chi connectivity index (χ2n) is 9.37. The monoisotopic (exact) mass is 398 g/mol. The van der Waals surface area contributed by atoms with Crippen LogP contribution in [0.25, 0.3) is 10.9 Å². The summed E-state index contributed by atoms with van der Waals surface area (Å²) in [5, 5.41) is 0.985. The number of fused-ring (bicyclic) bond motifs is 1. The highest BCUT2D eigenvalue weighted by Crippen LogP contribution is 2.34. The Bertz CT molecular complexity index is 934. The predicted molar refractivity (Wildman–Crippen MR) is 118 cm³/mol. The zero-order valence-corrected chi connectivity index (χ0v) is 18.5. The standard InChI is InChI=1S/C24H34N2O3/c1-6-25(16-24(2,3)4)22(27)15-26-21-14-19(29-5)12-11-18(21)13-20(23(26)28)17-9-7-8-10-17/h11-14,17H,6-10,15-16H2,1-5H3. The fourth-order valence-electron chi connectivity index (χ4n) is 4.37.